The van der Waals surface area contributed by atoms with E-state index in [0.29, 0.717) is 36.7 Å². The molecule has 2 unspecified atom stereocenters. The predicted molar refractivity (Wildman–Crippen MR) is 113 cm³/mol. The fourth-order valence-electron chi connectivity index (χ4n) is 4.47. The van der Waals surface area contributed by atoms with Crippen molar-refractivity contribution in [3.63, 3.8) is 0 Å². The molecule has 5 nitrogen and oxygen atoms in total. The summed E-state index contributed by atoms with van der Waals surface area (Å²) in [5, 5.41) is 0.584. The number of methoxy groups -OCH3 is 1. The van der Waals surface area contributed by atoms with E-state index in [1.807, 2.05) is 20.8 Å². The van der Waals surface area contributed by atoms with E-state index in [1.165, 1.54) is 6.07 Å². The second-order valence-electron chi connectivity index (χ2n) is 9.00. The number of likely N-dealkylation sites (tertiary alicyclic amines) is 1. The highest BCUT2D eigenvalue weighted by molar-refractivity contribution is 6.33. The summed E-state index contributed by atoms with van der Waals surface area (Å²) < 4.78 is 25.4. The summed E-state index contributed by atoms with van der Waals surface area (Å²) in [6.07, 6.45) is 3.09. The van der Waals surface area contributed by atoms with E-state index in [0.717, 1.165) is 31.5 Å². The summed E-state index contributed by atoms with van der Waals surface area (Å²) in [7, 11) is 1.68. The molecule has 0 spiro atoms. The number of carbonyl (C=O) groups excluding carboxylic acids is 1. The molecule has 162 valence electrons. The van der Waals surface area contributed by atoms with Gasteiger partial charge in [0, 0.05) is 45.0 Å². The van der Waals surface area contributed by atoms with Gasteiger partial charge in [0.15, 0.2) is 0 Å². The molecule has 1 amide bonds. The zero-order valence-corrected chi connectivity index (χ0v) is 18.6. The van der Waals surface area contributed by atoms with Gasteiger partial charge in [0.25, 0.3) is 0 Å². The number of anilines is 1. The summed E-state index contributed by atoms with van der Waals surface area (Å²) in [6.45, 7) is 8.34. The number of piperidine rings is 1. The first-order valence-corrected chi connectivity index (χ1v) is 10.8. The lowest BCUT2D eigenvalue weighted by atomic mass is 9.88. The van der Waals surface area contributed by atoms with Crippen LogP contribution in [0.5, 0.6) is 0 Å². The number of ether oxygens (including phenoxy) is 2. The van der Waals surface area contributed by atoms with Gasteiger partial charge in [-0.3, -0.25) is 0 Å². The van der Waals surface area contributed by atoms with Gasteiger partial charge < -0.3 is 19.3 Å². The van der Waals surface area contributed by atoms with Gasteiger partial charge in [-0.15, -0.1) is 0 Å². The maximum Gasteiger partial charge on any atom is 0.410 e. The molecule has 1 aromatic rings. The van der Waals surface area contributed by atoms with Crippen LogP contribution in [0.15, 0.2) is 12.1 Å². The van der Waals surface area contributed by atoms with Crippen LogP contribution in [0.1, 0.15) is 45.6 Å². The van der Waals surface area contributed by atoms with Gasteiger partial charge in [0.2, 0.25) is 0 Å². The lowest BCUT2D eigenvalue weighted by molar-refractivity contribution is 0.0152. The molecule has 1 aromatic carbocycles. The van der Waals surface area contributed by atoms with Gasteiger partial charge in [-0.05, 0) is 64.5 Å². The molecule has 0 saturated carbocycles. The maximum absolute atomic E-state index is 14.6. The molecule has 7 heteroatoms. The van der Waals surface area contributed by atoms with Crippen molar-refractivity contribution in [2.24, 2.45) is 5.92 Å². The molecule has 0 bridgehead atoms. The number of halogens is 2. The number of nitrogens with zero attached hydrogens (tertiary/aromatic N) is 2. The van der Waals surface area contributed by atoms with Crippen molar-refractivity contribution in [2.45, 2.75) is 58.1 Å². The number of carbonyl (C=O) groups is 1. The molecule has 29 heavy (non-hydrogen) atoms. The second kappa shape index (κ2) is 9.09. The van der Waals surface area contributed by atoms with E-state index in [-0.39, 0.29) is 23.9 Å². The minimum atomic E-state index is -0.517. The monoisotopic (exact) mass is 426 g/mol. The van der Waals surface area contributed by atoms with Crippen molar-refractivity contribution >= 4 is 23.4 Å². The van der Waals surface area contributed by atoms with Crippen molar-refractivity contribution < 1.29 is 18.7 Å². The van der Waals surface area contributed by atoms with Crippen LogP contribution < -0.4 is 4.90 Å². The highest BCUT2D eigenvalue weighted by Crippen LogP contribution is 2.43. The van der Waals surface area contributed by atoms with Gasteiger partial charge in [-0.1, -0.05) is 11.6 Å². The van der Waals surface area contributed by atoms with Crippen LogP contribution in [0, 0.1) is 11.7 Å². The van der Waals surface area contributed by atoms with E-state index < -0.39 is 5.60 Å². The highest BCUT2D eigenvalue weighted by Gasteiger charge is 2.40. The maximum atomic E-state index is 14.6. The van der Waals surface area contributed by atoms with E-state index in [2.05, 4.69) is 4.90 Å². The fourth-order valence-corrected chi connectivity index (χ4v) is 4.75. The third kappa shape index (κ3) is 5.15. The zero-order valence-electron chi connectivity index (χ0n) is 17.8. The van der Waals surface area contributed by atoms with E-state index >= 15 is 0 Å². The Kier molecular flexibility index (Phi) is 6.94. The molecule has 0 radical (unpaired) electrons. The molecule has 0 N–H and O–H groups in total. The standard InChI is InChI=1S/C22H32ClFN2O3/c1-22(2,3)29-21(27)25-10-5-7-15(14-25)19-13-16-18(24)9-8-17(23)20(16)26(19)11-6-12-28-4/h8-9,15,19H,5-7,10-14H2,1-4H3. The van der Waals surface area contributed by atoms with E-state index in [9.17, 15) is 9.18 Å². The Bertz CT molecular complexity index is 738. The molecule has 2 atom stereocenters. The highest BCUT2D eigenvalue weighted by atomic mass is 35.5. The molecular formula is C22H32ClFN2O3. The van der Waals surface area contributed by atoms with E-state index in [4.69, 9.17) is 21.1 Å². The molecule has 3 rings (SSSR count). The number of fused-ring (bicyclic) bond motifs is 1. The largest absolute Gasteiger partial charge is 0.444 e. The first kappa shape index (κ1) is 22.2. The Balaban J connectivity index is 1.79. The normalized spacial score (nSPS) is 22.0. The van der Waals surface area contributed by atoms with Crippen LogP contribution in [0.4, 0.5) is 14.9 Å². The summed E-state index contributed by atoms with van der Waals surface area (Å²) in [6, 6.07) is 3.20. The van der Waals surface area contributed by atoms with Crippen molar-refractivity contribution in [3.05, 3.63) is 28.5 Å². The van der Waals surface area contributed by atoms with Crippen LogP contribution in [0.3, 0.4) is 0 Å². The number of benzene rings is 1. The summed E-state index contributed by atoms with van der Waals surface area (Å²) in [4.78, 5) is 16.6. The summed E-state index contributed by atoms with van der Waals surface area (Å²) in [5.41, 5.74) is 0.979. The first-order valence-electron chi connectivity index (χ1n) is 10.4. The second-order valence-corrected chi connectivity index (χ2v) is 9.40. The van der Waals surface area contributed by atoms with Crippen molar-refractivity contribution in [1.82, 2.24) is 4.90 Å². The molecular weight excluding hydrogens is 395 g/mol. The number of hydrogen-bond acceptors (Lipinski definition) is 4. The SMILES string of the molecule is COCCCN1c2c(Cl)ccc(F)c2CC1C1CCCN(C(=O)OC(C)(C)C)C1. The Morgan fingerprint density at radius 2 is 2.10 bits per heavy atom. The van der Waals surface area contributed by atoms with Crippen LogP contribution in [-0.2, 0) is 15.9 Å². The average molecular weight is 427 g/mol. The summed E-state index contributed by atoms with van der Waals surface area (Å²) >= 11 is 6.48. The van der Waals surface area contributed by atoms with E-state index in [1.54, 1.807) is 18.1 Å². The summed E-state index contributed by atoms with van der Waals surface area (Å²) in [5.74, 6) is 0.0325. The van der Waals surface area contributed by atoms with Crippen molar-refractivity contribution in [3.8, 4) is 0 Å². The lowest BCUT2D eigenvalue weighted by Crippen LogP contribution is -2.49. The van der Waals surface area contributed by atoms with Gasteiger partial charge >= 0.3 is 6.09 Å². The van der Waals surface area contributed by atoms with Crippen LogP contribution in [0.2, 0.25) is 5.02 Å². The van der Waals surface area contributed by atoms with Gasteiger partial charge in [0.05, 0.1) is 10.7 Å². The lowest BCUT2D eigenvalue weighted by Gasteiger charge is -2.40. The molecule has 2 aliphatic rings. The molecule has 0 aromatic heterocycles. The molecule has 2 aliphatic heterocycles. The number of rotatable bonds is 5. The smallest absolute Gasteiger partial charge is 0.410 e. The van der Waals surface area contributed by atoms with Crippen molar-refractivity contribution in [2.75, 3.05) is 38.3 Å². The topological polar surface area (TPSA) is 42.0 Å². The van der Waals surface area contributed by atoms with Gasteiger partial charge in [-0.2, -0.15) is 0 Å². The first-order chi connectivity index (χ1) is 13.7. The predicted octanol–water partition coefficient (Wildman–Crippen LogP) is 4.89. The zero-order chi connectivity index (χ0) is 21.2. The average Bonchev–Trinajstić information content (AvgIpc) is 3.05. The van der Waals surface area contributed by atoms with Crippen LogP contribution >= 0.6 is 11.6 Å². The Labute approximate surface area is 178 Å². The quantitative estimate of drug-likeness (QED) is 0.628. The Morgan fingerprint density at radius 1 is 1.34 bits per heavy atom. The minimum Gasteiger partial charge on any atom is -0.444 e. The fraction of sp³-hybridized carbons (Fsp3) is 0.682. The third-order valence-corrected chi connectivity index (χ3v) is 5.98. The van der Waals surface area contributed by atoms with Gasteiger partial charge in [-0.25, -0.2) is 9.18 Å². The number of amides is 1. The van der Waals surface area contributed by atoms with Gasteiger partial charge in [0.1, 0.15) is 11.4 Å². The molecule has 0 aliphatic carbocycles. The Morgan fingerprint density at radius 3 is 2.79 bits per heavy atom. The molecule has 1 fully saturated rings. The van der Waals surface area contributed by atoms with Crippen molar-refractivity contribution in [1.29, 1.82) is 0 Å². The molecule has 1 saturated heterocycles. The van der Waals surface area contributed by atoms with Crippen LogP contribution in [0.25, 0.3) is 0 Å². The van der Waals surface area contributed by atoms with Crippen LogP contribution in [-0.4, -0.2) is 56.0 Å². The number of hydrogen-bond donors (Lipinski definition) is 0. The molecule has 2 heterocycles. The third-order valence-electron chi connectivity index (χ3n) is 5.68. The Hall–Kier alpha value is -1.53. The minimum absolute atomic E-state index is 0.112.